The van der Waals surface area contributed by atoms with Crippen molar-refractivity contribution in [2.75, 3.05) is 0 Å². The SMILES string of the molecule is [2H]C[C@]1(O)C[C@H](C)CC[C@H]1C(C)C. The minimum atomic E-state index is -0.703. The molecule has 0 amide bonds. The van der Waals surface area contributed by atoms with Crippen LogP contribution in [0.2, 0.25) is 0 Å². The van der Waals surface area contributed by atoms with Crippen LogP contribution in [-0.2, 0) is 0 Å². The second-order valence-corrected chi connectivity index (χ2v) is 4.84. The zero-order valence-corrected chi connectivity index (χ0v) is 8.51. The monoisotopic (exact) mass is 171 g/mol. The summed E-state index contributed by atoms with van der Waals surface area (Å²) in [6.07, 6.45) is 3.12. The molecule has 0 heterocycles. The lowest BCUT2D eigenvalue weighted by molar-refractivity contribution is -0.0649. The molecule has 0 bridgehead atoms. The van der Waals surface area contributed by atoms with Gasteiger partial charge >= 0.3 is 0 Å². The van der Waals surface area contributed by atoms with Crippen molar-refractivity contribution in [3.63, 3.8) is 0 Å². The molecule has 1 nitrogen and oxygen atoms in total. The molecule has 1 aliphatic rings. The van der Waals surface area contributed by atoms with Gasteiger partial charge in [-0.2, -0.15) is 0 Å². The predicted octanol–water partition coefficient (Wildman–Crippen LogP) is 2.83. The summed E-state index contributed by atoms with van der Waals surface area (Å²) in [5, 5.41) is 10.3. The van der Waals surface area contributed by atoms with Crippen LogP contribution in [0.4, 0.5) is 0 Å². The maximum atomic E-state index is 10.3. The first-order chi connectivity index (χ1) is 5.99. The van der Waals surface area contributed by atoms with Gasteiger partial charge in [-0.25, -0.2) is 0 Å². The second kappa shape index (κ2) is 3.37. The van der Waals surface area contributed by atoms with E-state index in [0.717, 1.165) is 12.8 Å². The fourth-order valence-corrected chi connectivity index (χ4v) is 2.54. The van der Waals surface area contributed by atoms with Gasteiger partial charge in [-0.1, -0.05) is 27.2 Å². The molecule has 0 aliphatic heterocycles. The second-order valence-electron chi connectivity index (χ2n) is 4.84. The van der Waals surface area contributed by atoms with Crippen molar-refractivity contribution >= 4 is 0 Å². The Bertz CT molecular complexity index is 169. The van der Waals surface area contributed by atoms with Crippen molar-refractivity contribution in [1.82, 2.24) is 0 Å². The van der Waals surface area contributed by atoms with E-state index in [4.69, 9.17) is 1.37 Å². The van der Waals surface area contributed by atoms with E-state index < -0.39 is 5.60 Å². The van der Waals surface area contributed by atoms with Crippen LogP contribution >= 0.6 is 0 Å². The van der Waals surface area contributed by atoms with Gasteiger partial charge in [-0.15, -0.1) is 0 Å². The van der Waals surface area contributed by atoms with Crippen LogP contribution in [0.3, 0.4) is 0 Å². The van der Waals surface area contributed by atoms with Gasteiger partial charge in [-0.05, 0) is 37.5 Å². The first kappa shape index (κ1) is 8.55. The molecular weight excluding hydrogens is 148 g/mol. The zero-order chi connectivity index (χ0) is 10.1. The summed E-state index contributed by atoms with van der Waals surface area (Å²) in [4.78, 5) is 0. The molecule has 12 heavy (non-hydrogen) atoms. The third-order valence-corrected chi connectivity index (χ3v) is 3.17. The van der Waals surface area contributed by atoms with E-state index in [1.807, 2.05) is 0 Å². The molecule has 0 saturated heterocycles. The van der Waals surface area contributed by atoms with E-state index in [9.17, 15) is 5.11 Å². The molecule has 0 aromatic carbocycles. The van der Waals surface area contributed by atoms with E-state index in [1.54, 1.807) is 0 Å². The normalized spacial score (nSPS) is 44.6. The van der Waals surface area contributed by atoms with Crippen molar-refractivity contribution in [3.05, 3.63) is 0 Å². The van der Waals surface area contributed by atoms with E-state index in [1.165, 1.54) is 6.42 Å². The molecule has 1 rings (SSSR count). The fourth-order valence-electron chi connectivity index (χ4n) is 2.54. The van der Waals surface area contributed by atoms with Crippen LogP contribution in [0.15, 0.2) is 0 Å². The quantitative estimate of drug-likeness (QED) is 0.643. The Morgan fingerprint density at radius 2 is 2.17 bits per heavy atom. The number of hydrogen-bond donors (Lipinski definition) is 1. The van der Waals surface area contributed by atoms with Gasteiger partial charge in [0, 0.05) is 1.37 Å². The van der Waals surface area contributed by atoms with Gasteiger partial charge in [0.15, 0.2) is 0 Å². The first-order valence-electron chi connectivity index (χ1n) is 5.72. The average Bonchev–Trinajstić information content (AvgIpc) is 2.03. The van der Waals surface area contributed by atoms with E-state index in [2.05, 4.69) is 20.8 Å². The van der Waals surface area contributed by atoms with Crippen LogP contribution in [0.25, 0.3) is 0 Å². The van der Waals surface area contributed by atoms with Crippen LogP contribution in [0, 0.1) is 17.8 Å². The van der Waals surface area contributed by atoms with Crippen molar-refractivity contribution in [2.24, 2.45) is 17.8 Å². The minimum Gasteiger partial charge on any atom is -0.390 e. The van der Waals surface area contributed by atoms with Crippen LogP contribution in [-0.4, -0.2) is 10.7 Å². The Labute approximate surface area is 77.6 Å². The molecular formula is C11H22O. The third kappa shape index (κ3) is 2.01. The summed E-state index contributed by atoms with van der Waals surface area (Å²) in [6, 6.07) is 0. The molecule has 1 N–H and O–H groups in total. The highest BCUT2D eigenvalue weighted by molar-refractivity contribution is 4.89. The van der Waals surface area contributed by atoms with Gasteiger partial charge in [0.2, 0.25) is 0 Å². The van der Waals surface area contributed by atoms with Crippen molar-refractivity contribution in [2.45, 2.75) is 52.5 Å². The minimum absolute atomic E-state index is 0.167. The molecule has 1 aliphatic carbocycles. The highest BCUT2D eigenvalue weighted by atomic mass is 16.3. The summed E-state index contributed by atoms with van der Waals surface area (Å²) >= 11 is 0. The smallest absolute Gasteiger partial charge is 0.0652 e. The summed E-state index contributed by atoms with van der Waals surface area (Å²) in [5.74, 6) is 1.43. The standard InChI is InChI=1S/C11H22O/c1-8(2)10-6-5-9(3)7-11(10,4)12/h8-10,12H,5-7H2,1-4H3/t9-,10+,11+/m1/s1/i4D. The molecule has 72 valence electrons. The van der Waals surface area contributed by atoms with Gasteiger partial charge in [0.05, 0.1) is 5.60 Å². The number of hydrogen-bond acceptors (Lipinski definition) is 1. The Kier molecular flexibility index (Phi) is 2.40. The number of aliphatic hydroxyl groups is 1. The Morgan fingerprint density at radius 1 is 1.50 bits per heavy atom. The molecule has 0 radical (unpaired) electrons. The highest BCUT2D eigenvalue weighted by Crippen LogP contribution is 2.40. The number of rotatable bonds is 1. The molecule has 1 heteroatoms. The van der Waals surface area contributed by atoms with Crippen LogP contribution in [0.1, 0.15) is 48.3 Å². The van der Waals surface area contributed by atoms with Crippen molar-refractivity contribution in [1.29, 1.82) is 0 Å². The Morgan fingerprint density at radius 3 is 2.67 bits per heavy atom. The molecule has 0 spiro atoms. The topological polar surface area (TPSA) is 20.2 Å². The average molecular weight is 171 g/mol. The molecule has 0 aromatic heterocycles. The van der Waals surface area contributed by atoms with Gasteiger partial charge in [-0.3, -0.25) is 0 Å². The summed E-state index contributed by atoms with van der Waals surface area (Å²) in [5.41, 5.74) is -0.703. The van der Waals surface area contributed by atoms with Crippen molar-refractivity contribution < 1.29 is 6.48 Å². The van der Waals surface area contributed by atoms with E-state index >= 15 is 0 Å². The third-order valence-electron chi connectivity index (χ3n) is 3.17. The predicted molar refractivity (Wildman–Crippen MR) is 52.0 cm³/mol. The van der Waals surface area contributed by atoms with Crippen molar-refractivity contribution in [3.8, 4) is 0 Å². The van der Waals surface area contributed by atoms with Crippen LogP contribution in [0.5, 0.6) is 0 Å². The fraction of sp³-hybridized carbons (Fsp3) is 1.00. The van der Waals surface area contributed by atoms with Crippen LogP contribution < -0.4 is 0 Å². The summed E-state index contributed by atoms with van der Waals surface area (Å²) in [7, 11) is 0. The molecule has 0 unspecified atom stereocenters. The Balaban J connectivity index is 2.72. The maximum Gasteiger partial charge on any atom is 0.0652 e. The molecule has 1 fully saturated rings. The van der Waals surface area contributed by atoms with E-state index in [0.29, 0.717) is 17.8 Å². The van der Waals surface area contributed by atoms with Gasteiger partial charge in [0.1, 0.15) is 0 Å². The lowest BCUT2D eigenvalue weighted by Gasteiger charge is -2.42. The highest BCUT2D eigenvalue weighted by Gasteiger charge is 2.38. The molecule has 3 atom stereocenters. The summed E-state index contributed by atoms with van der Waals surface area (Å²) < 4.78 is 7.46. The largest absolute Gasteiger partial charge is 0.390 e. The summed E-state index contributed by atoms with van der Waals surface area (Å²) in [6.45, 7) is 6.65. The first-order valence-corrected chi connectivity index (χ1v) is 5.01. The van der Waals surface area contributed by atoms with E-state index in [-0.39, 0.29) is 6.90 Å². The lowest BCUT2D eigenvalue weighted by atomic mass is 9.68. The zero-order valence-electron chi connectivity index (χ0n) is 9.51. The van der Waals surface area contributed by atoms with Gasteiger partial charge < -0.3 is 5.11 Å². The lowest BCUT2D eigenvalue weighted by Crippen LogP contribution is -2.42. The van der Waals surface area contributed by atoms with Gasteiger partial charge in [0.25, 0.3) is 0 Å². The molecule has 0 aromatic rings. The molecule has 1 saturated carbocycles. The maximum absolute atomic E-state index is 10.3. The Hall–Kier alpha value is -0.0400.